The van der Waals surface area contributed by atoms with Gasteiger partial charge in [0, 0.05) is 36.3 Å². The third-order valence-corrected chi connectivity index (χ3v) is 5.58. The smallest absolute Gasteiger partial charge is 0.389 e. The second-order valence-corrected chi connectivity index (χ2v) is 8.64. The van der Waals surface area contributed by atoms with Crippen LogP contribution in [0.1, 0.15) is 43.7 Å². The lowest BCUT2D eigenvalue weighted by molar-refractivity contribution is -0.143. The number of carbonyl (C=O) groups is 3. The van der Waals surface area contributed by atoms with Gasteiger partial charge >= 0.3 is 12.4 Å². The molecule has 0 aromatic heterocycles. The summed E-state index contributed by atoms with van der Waals surface area (Å²) in [7, 11) is 1.52. The van der Waals surface area contributed by atoms with Gasteiger partial charge in [-0.05, 0) is 36.8 Å². The lowest BCUT2D eigenvalue weighted by Gasteiger charge is -2.19. The van der Waals surface area contributed by atoms with Crippen molar-refractivity contribution < 1.29 is 45.5 Å². The summed E-state index contributed by atoms with van der Waals surface area (Å²) < 4.78 is 75.6. The summed E-state index contributed by atoms with van der Waals surface area (Å²) >= 11 is 0. The number of fused-ring (bicyclic) bond motifs is 1. The van der Waals surface area contributed by atoms with Gasteiger partial charge in [-0.1, -0.05) is 25.1 Å². The molecule has 40 heavy (non-hydrogen) atoms. The molecule has 1 heterocycles. The summed E-state index contributed by atoms with van der Waals surface area (Å²) in [6.45, 7) is 1.08. The van der Waals surface area contributed by atoms with Crippen molar-refractivity contribution in [2.24, 2.45) is 16.6 Å². The number of carbonyl (C=O) groups excluding carboxylic acids is 3. The van der Waals surface area contributed by atoms with E-state index in [0.717, 1.165) is 6.92 Å². The minimum absolute atomic E-state index is 0.378. The van der Waals surface area contributed by atoms with Gasteiger partial charge in [0.05, 0.1) is 18.5 Å². The molecule has 0 fully saturated rings. The van der Waals surface area contributed by atoms with Gasteiger partial charge in [-0.2, -0.15) is 26.3 Å². The Morgan fingerprint density at radius 2 is 1.65 bits per heavy atom. The molecule has 14 heteroatoms. The van der Waals surface area contributed by atoms with E-state index in [4.69, 9.17) is 10.5 Å². The third kappa shape index (κ3) is 10.2. The third-order valence-electron chi connectivity index (χ3n) is 5.58. The van der Waals surface area contributed by atoms with E-state index < -0.39 is 67.8 Å². The SMILES string of the molecule is CCC(F)(F)F.COc1ccc(C2=NC(NC(=O)C(CCC(F)(F)F)CC(N)=O)C(=O)Nc3ccccc32)cc1. The molecular weight excluding hydrogens is 546 g/mol. The van der Waals surface area contributed by atoms with Crippen LogP contribution in [0.15, 0.2) is 53.5 Å². The highest BCUT2D eigenvalue weighted by molar-refractivity contribution is 6.19. The Labute approximate surface area is 226 Å². The Morgan fingerprint density at radius 1 is 1.05 bits per heavy atom. The number of benzodiazepines with no additional fused rings is 1. The van der Waals surface area contributed by atoms with Crippen molar-refractivity contribution in [1.29, 1.82) is 0 Å². The van der Waals surface area contributed by atoms with Gasteiger partial charge in [0.15, 0.2) is 0 Å². The zero-order valence-corrected chi connectivity index (χ0v) is 21.5. The quantitative estimate of drug-likeness (QED) is 0.395. The van der Waals surface area contributed by atoms with Crippen molar-refractivity contribution in [3.05, 3.63) is 59.7 Å². The maximum absolute atomic E-state index is 12.8. The van der Waals surface area contributed by atoms with E-state index in [2.05, 4.69) is 15.6 Å². The number of halogens is 6. The average molecular weight is 575 g/mol. The number of amides is 3. The first-order valence-corrected chi connectivity index (χ1v) is 12.0. The standard InChI is InChI=1S/C23H23F3N4O4.C3H5F3/c1-34-15-8-6-13(7-9-15)19-16-4-2-3-5-17(16)28-22(33)20(29-19)30-21(32)14(12-18(27)31)10-11-23(24,25)26;1-2-3(4,5)6/h2-9,14,20H,10-12H2,1H3,(H2,27,31)(H,28,33)(H,30,32);2H2,1H3. The fourth-order valence-corrected chi connectivity index (χ4v) is 3.49. The molecule has 8 nitrogen and oxygen atoms in total. The Kier molecular flexibility index (Phi) is 11.1. The molecule has 3 rings (SSSR count). The number of benzene rings is 2. The van der Waals surface area contributed by atoms with E-state index in [1.807, 2.05) is 0 Å². The summed E-state index contributed by atoms with van der Waals surface area (Å²) in [5.41, 5.74) is 7.15. The van der Waals surface area contributed by atoms with Crippen LogP contribution in [0.3, 0.4) is 0 Å². The van der Waals surface area contributed by atoms with E-state index in [9.17, 15) is 40.7 Å². The predicted molar refractivity (Wildman–Crippen MR) is 135 cm³/mol. The summed E-state index contributed by atoms with van der Waals surface area (Å²) in [4.78, 5) is 41.4. The van der Waals surface area contributed by atoms with Gasteiger partial charge in [0.2, 0.25) is 18.0 Å². The number of hydrogen-bond donors (Lipinski definition) is 3. The Bertz CT molecular complexity index is 1210. The minimum Gasteiger partial charge on any atom is -0.497 e. The Morgan fingerprint density at radius 3 is 2.17 bits per heavy atom. The van der Waals surface area contributed by atoms with E-state index in [1.54, 1.807) is 48.5 Å². The summed E-state index contributed by atoms with van der Waals surface area (Å²) in [5, 5.41) is 5.04. The normalized spacial score (nSPS) is 15.8. The number of anilines is 1. The van der Waals surface area contributed by atoms with E-state index >= 15 is 0 Å². The van der Waals surface area contributed by atoms with Crippen LogP contribution < -0.4 is 21.1 Å². The number of hydrogen-bond acceptors (Lipinski definition) is 5. The molecule has 0 aliphatic carbocycles. The maximum atomic E-state index is 12.8. The van der Waals surface area contributed by atoms with Gasteiger partial charge in [0.1, 0.15) is 5.75 Å². The maximum Gasteiger partial charge on any atom is 0.389 e. The van der Waals surface area contributed by atoms with Crippen LogP contribution in [-0.4, -0.2) is 49.1 Å². The van der Waals surface area contributed by atoms with E-state index in [0.29, 0.717) is 28.3 Å². The van der Waals surface area contributed by atoms with E-state index in [1.165, 1.54) is 7.11 Å². The molecule has 0 radical (unpaired) electrons. The van der Waals surface area contributed by atoms with Gasteiger partial charge in [-0.25, -0.2) is 4.99 Å². The second-order valence-electron chi connectivity index (χ2n) is 8.64. The van der Waals surface area contributed by atoms with Crippen LogP contribution in [0, 0.1) is 5.92 Å². The van der Waals surface area contributed by atoms with Gasteiger partial charge in [0.25, 0.3) is 5.91 Å². The number of para-hydroxylation sites is 1. The summed E-state index contributed by atoms with van der Waals surface area (Å²) in [5.74, 6) is -3.30. The first kappa shape index (κ1) is 32.1. The molecule has 2 atom stereocenters. The minimum atomic E-state index is -4.52. The number of nitrogens with two attached hydrogens (primary N) is 1. The van der Waals surface area contributed by atoms with Crippen molar-refractivity contribution in [3.8, 4) is 5.75 Å². The lowest BCUT2D eigenvalue weighted by atomic mass is 9.97. The number of nitrogens with zero attached hydrogens (tertiary/aromatic N) is 1. The first-order chi connectivity index (χ1) is 18.6. The zero-order valence-electron chi connectivity index (χ0n) is 21.5. The molecule has 2 aromatic carbocycles. The first-order valence-electron chi connectivity index (χ1n) is 12.0. The Balaban J connectivity index is 0.000000840. The predicted octanol–water partition coefficient (Wildman–Crippen LogP) is 4.72. The monoisotopic (exact) mass is 574 g/mol. The van der Waals surface area contributed by atoms with Crippen LogP contribution in [-0.2, 0) is 14.4 Å². The number of ether oxygens (including phenoxy) is 1. The molecule has 0 saturated heterocycles. The zero-order chi connectivity index (χ0) is 30.1. The number of aliphatic imine (C=N–C) groups is 1. The molecule has 3 amide bonds. The number of methoxy groups -OCH3 is 1. The molecule has 2 aromatic rings. The number of nitrogens with one attached hydrogen (secondary N) is 2. The van der Waals surface area contributed by atoms with Crippen LogP contribution in [0.4, 0.5) is 32.0 Å². The van der Waals surface area contributed by atoms with E-state index in [-0.39, 0.29) is 0 Å². The van der Waals surface area contributed by atoms with Crippen molar-refractivity contribution in [2.75, 3.05) is 12.4 Å². The van der Waals surface area contributed by atoms with Crippen LogP contribution in [0.5, 0.6) is 5.75 Å². The van der Waals surface area contributed by atoms with Crippen LogP contribution >= 0.6 is 0 Å². The number of rotatable bonds is 8. The highest BCUT2D eigenvalue weighted by Crippen LogP contribution is 2.27. The molecule has 1 aliphatic rings. The molecule has 0 spiro atoms. The van der Waals surface area contributed by atoms with Crippen molar-refractivity contribution in [2.45, 2.75) is 51.1 Å². The van der Waals surface area contributed by atoms with Crippen LogP contribution in [0.25, 0.3) is 0 Å². The molecule has 2 unspecified atom stereocenters. The molecule has 4 N–H and O–H groups in total. The van der Waals surface area contributed by atoms with Crippen molar-refractivity contribution in [1.82, 2.24) is 5.32 Å². The molecule has 218 valence electrons. The highest BCUT2D eigenvalue weighted by atomic mass is 19.4. The molecule has 0 saturated carbocycles. The van der Waals surface area contributed by atoms with Gasteiger partial charge in [-0.3, -0.25) is 14.4 Å². The summed E-state index contributed by atoms with van der Waals surface area (Å²) in [6, 6.07) is 13.7. The average Bonchev–Trinajstić information content (AvgIpc) is 3.02. The van der Waals surface area contributed by atoms with Gasteiger partial charge < -0.3 is 21.1 Å². The summed E-state index contributed by atoms with van der Waals surface area (Å²) in [6.07, 6.45) is -13.2. The molecular formula is C26H28F6N4O4. The molecule has 0 bridgehead atoms. The fourth-order valence-electron chi connectivity index (χ4n) is 3.49. The highest BCUT2D eigenvalue weighted by Gasteiger charge is 2.34. The van der Waals surface area contributed by atoms with Crippen molar-refractivity contribution >= 4 is 29.1 Å². The number of primary amides is 1. The topological polar surface area (TPSA) is 123 Å². The Hall–Kier alpha value is -4.10. The fraction of sp³-hybridized carbons (Fsp3) is 0.385. The lowest BCUT2D eigenvalue weighted by Crippen LogP contribution is -2.45. The number of alkyl halides is 6. The molecule has 1 aliphatic heterocycles. The van der Waals surface area contributed by atoms with Gasteiger partial charge in [-0.15, -0.1) is 0 Å². The van der Waals surface area contributed by atoms with Crippen LogP contribution in [0.2, 0.25) is 0 Å². The second kappa shape index (κ2) is 13.8. The van der Waals surface area contributed by atoms with Crippen molar-refractivity contribution in [3.63, 3.8) is 0 Å². The largest absolute Gasteiger partial charge is 0.497 e.